The Bertz CT molecular complexity index is 116. The Morgan fingerprint density at radius 3 is 2.38 bits per heavy atom. The van der Waals surface area contributed by atoms with Crippen LogP contribution in [0.25, 0.3) is 0 Å². The van der Waals surface area contributed by atoms with E-state index in [9.17, 15) is 0 Å². The Labute approximate surface area is 50.9 Å². The molecule has 0 amide bonds. The summed E-state index contributed by atoms with van der Waals surface area (Å²) in [5, 5.41) is 0. The molecule has 0 aromatic heterocycles. The Balaban J connectivity index is 4.01. The number of rotatable bonds is 1. The fourth-order valence-corrected chi connectivity index (χ4v) is 0.359. The van der Waals surface area contributed by atoms with E-state index in [-0.39, 0.29) is 6.04 Å². The molecule has 0 rings (SSSR count). The second kappa shape index (κ2) is 3.48. The van der Waals surface area contributed by atoms with Gasteiger partial charge in [0.1, 0.15) is 0 Å². The normalized spacial score (nSPS) is 12.0. The van der Waals surface area contributed by atoms with Gasteiger partial charge in [0.2, 0.25) is 0 Å². The Morgan fingerprint density at radius 2 is 2.25 bits per heavy atom. The molecule has 0 aliphatic heterocycles. The van der Waals surface area contributed by atoms with Crippen LogP contribution in [0.5, 0.6) is 0 Å². The average molecular weight is 111 g/mol. The van der Waals surface area contributed by atoms with E-state index in [0.29, 0.717) is 0 Å². The van der Waals surface area contributed by atoms with Crippen molar-refractivity contribution in [2.24, 2.45) is 5.73 Å². The van der Waals surface area contributed by atoms with Crippen molar-refractivity contribution >= 4 is 0 Å². The molecule has 0 spiro atoms. The standard InChI is InChI=1S/C7H13N/c1-4-5-6(2)7(3)8/h4,7H,8H2,1-3H3. The van der Waals surface area contributed by atoms with Gasteiger partial charge in [0.15, 0.2) is 0 Å². The van der Waals surface area contributed by atoms with Crippen LogP contribution in [0.2, 0.25) is 0 Å². The summed E-state index contributed by atoms with van der Waals surface area (Å²) in [4.78, 5) is 0. The van der Waals surface area contributed by atoms with Crippen molar-refractivity contribution < 1.29 is 0 Å². The maximum Gasteiger partial charge on any atom is 0.0297 e. The molecule has 0 saturated carbocycles. The van der Waals surface area contributed by atoms with Gasteiger partial charge in [-0.3, -0.25) is 0 Å². The Hall–Kier alpha value is -0.520. The van der Waals surface area contributed by atoms with Crippen molar-refractivity contribution in [3.05, 3.63) is 17.4 Å². The van der Waals surface area contributed by atoms with E-state index in [0.717, 1.165) is 5.57 Å². The van der Waals surface area contributed by atoms with Gasteiger partial charge in [0.25, 0.3) is 0 Å². The highest BCUT2D eigenvalue weighted by molar-refractivity contribution is 5.03. The lowest BCUT2D eigenvalue weighted by Crippen LogP contribution is -2.15. The van der Waals surface area contributed by atoms with Gasteiger partial charge in [-0.2, -0.15) is 0 Å². The molecule has 0 aliphatic rings. The molecular weight excluding hydrogens is 98.1 g/mol. The van der Waals surface area contributed by atoms with Gasteiger partial charge >= 0.3 is 0 Å². The van der Waals surface area contributed by atoms with Crippen LogP contribution in [-0.4, -0.2) is 6.04 Å². The molecule has 46 valence electrons. The fourth-order valence-electron chi connectivity index (χ4n) is 0.359. The Morgan fingerprint density at radius 1 is 1.75 bits per heavy atom. The molecule has 1 nitrogen and oxygen atoms in total. The lowest BCUT2D eigenvalue weighted by atomic mass is 10.2. The van der Waals surface area contributed by atoms with Crippen LogP contribution < -0.4 is 5.73 Å². The minimum atomic E-state index is 0.145. The van der Waals surface area contributed by atoms with Crippen LogP contribution in [-0.2, 0) is 0 Å². The van der Waals surface area contributed by atoms with E-state index in [1.54, 1.807) is 0 Å². The van der Waals surface area contributed by atoms with Crippen LogP contribution in [0.3, 0.4) is 0 Å². The molecule has 1 atom stereocenters. The molecule has 0 aromatic rings. The van der Waals surface area contributed by atoms with E-state index < -0.39 is 0 Å². The van der Waals surface area contributed by atoms with E-state index in [1.165, 1.54) is 0 Å². The zero-order chi connectivity index (χ0) is 6.57. The molecule has 1 heteroatoms. The lowest BCUT2D eigenvalue weighted by Gasteiger charge is -1.98. The van der Waals surface area contributed by atoms with Gasteiger partial charge in [0, 0.05) is 6.04 Å². The van der Waals surface area contributed by atoms with Gasteiger partial charge < -0.3 is 5.73 Å². The summed E-state index contributed by atoms with van der Waals surface area (Å²) in [6.07, 6.45) is 1.87. The second-order valence-electron chi connectivity index (χ2n) is 1.90. The van der Waals surface area contributed by atoms with Gasteiger partial charge in [0.05, 0.1) is 0 Å². The topological polar surface area (TPSA) is 26.0 Å². The quantitative estimate of drug-likeness (QED) is 0.509. The first-order chi connectivity index (χ1) is 3.68. The second-order valence-corrected chi connectivity index (χ2v) is 1.90. The van der Waals surface area contributed by atoms with E-state index in [4.69, 9.17) is 5.73 Å². The monoisotopic (exact) mass is 111 g/mol. The van der Waals surface area contributed by atoms with Gasteiger partial charge in [-0.05, 0) is 32.4 Å². The minimum absolute atomic E-state index is 0.145. The van der Waals surface area contributed by atoms with Crippen molar-refractivity contribution in [2.45, 2.75) is 26.8 Å². The first-order valence-electron chi connectivity index (χ1n) is 2.82. The summed E-state index contributed by atoms with van der Waals surface area (Å²) >= 11 is 0. The molecule has 0 aliphatic carbocycles. The molecular formula is C7H13N. The summed E-state index contributed by atoms with van der Waals surface area (Å²) < 4.78 is 0. The molecule has 2 N–H and O–H groups in total. The fraction of sp³-hybridized carbons (Fsp3) is 0.571. The SMILES string of the molecule is CC=C=C(C)C(C)N. The molecule has 0 saturated heterocycles. The largest absolute Gasteiger partial charge is 0.324 e. The molecule has 0 bridgehead atoms. The van der Waals surface area contributed by atoms with Crippen molar-refractivity contribution in [3.8, 4) is 0 Å². The zero-order valence-electron chi connectivity index (χ0n) is 5.73. The van der Waals surface area contributed by atoms with E-state index in [1.807, 2.05) is 26.8 Å². The predicted octanol–water partition coefficient (Wildman–Crippen LogP) is 1.45. The highest BCUT2D eigenvalue weighted by atomic mass is 14.6. The highest BCUT2D eigenvalue weighted by Gasteiger charge is 1.90. The van der Waals surface area contributed by atoms with Crippen molar-refractivity contribution in [1.82, 2.24) is 0 Å². The van der Waals surface area contributed by atoms with Crippen molar-refractivity contribution in [1.29, 1.82) is 0 Å². The first-order valence-corrected chi connectivity index (χ1v) is 2.82. The third kappa shape index (κ3) is 2.62. The van der Waals surface area contributed by atoms with Gasteiger partial charge in [-0.25, -0.2) is 0 Å². The number of hydrogen-bond acceptors (Lipinski definition) is 1. The van der Waals surface area contributed by atoms with E-state index >= 15 is 0 Å². The van der Waals surface area contributed by atoms with Crippen LogP contribution in [0.1, 0.15) is 20.8 Å². The Kier molecular flexibility index (Phi) is 3.25. The van der Waals surface area contributed by atoms with Crippen molar-refractivity contribution in [2.75, 3.05) is 0 Å². The third-order valence-corrected chi connectivity index (χ3v) is 1.06. The zero-order valence-corrected chi connectivity index (χ0v) is 5.73. The summed E-state index contributed by atoms with van der Waals surface area (Å²) in [6.45, 7) is 5.86. The van der Waals surface area contributed by atoms with Crippen LogP contribution in [0.4, 0.5) is 0 Å². The van der Waals surface area contributed by atoms with E-state index in [2.05, 4.69) is 5.73 Å². The average Bonchev–Trinajstić information content (AvgIpc) is 1.67. The molecule has 0 heterocycles. The predicted molar refractivity (Wildman–Crippen MR) is 36.6 cm³/mol. The molecule has 0 fully saturated rings. The smallest absolute Gasteiger partial charge is 0.0297 e. The third-order valence-electron chi connectivity index (χ3n) is 1.06. The molecule has 0 radical (unpaired) electrons. The maximum absolute atomic E-state index is 5.50. The van der Waals surface area contributed by atoms with Gasteiger partial charge in [-0.15, -0.1) is 5.73 Å². The number of nitrogens with two attached hydrogens (primary N) is 1. The summed E-state index contributed by atoms with van der Waals surface area (Å²) in [5.41, 5.74) is 9.62. The minimum Gasteiger partial charge on any atom is -0.324 e. The molecule has 8 heavy (non-hydrogen) atoms. The summed E-state index contributed by atoms with van der Waals surface area (Å²) in [7, 11) is 0. The molecule has 1 unspecified atom stereocenters. The highest BCUT2D eigenvalue weighted by Crippen LogP contribution is 1.92. The van der Waals surface area contributed by atoms with Crippen molar-refractivity contribution in [3.63, 3.8) is 0 Å². The maximum atomic E-state index is 5.50. The summed E-state index contributed by atoms with van der Waals surface area (Å²) in [5.74, 6) is 0. The van der Waals surface area contributed by atoms with Crippen LogP contribution in [0, 0.1) is 0 Å². The van der Waals surface area contributed by atoms with Gasteiger partial charge in [-0.1, -0.05) is 0 Å². The first kappa shape index (κ1) is 7.48. The van der Waals surface area contributed by atoms with Crippen LogP contribution in [0.15, 0.2) is 17.4 Å². The number of hydrogen-bond donors (Lipinski definition) is 1. The van der Waals surface area contributed by atoms with Crippen LogP contribution >= 0.6 is 0 Å². The summed E-state index contributed by atoms with van der Waals surface area (Å²) in [6, 6.07) is 0.145. The molecule has 0 aromatic carbocycles. The lowest BCUT2D eigenvalue weighted by molar-refractivity contribution is 0.863.